The molecule has 1 aromatic carbocycles. The van der Waals surface area contributed by atoms with E-state index in [0.29, 0.717) is 24.8 Å². The number of benzene rings is 1. The number of Topliss-reactive ketones (excluding diaryl/α,β-unsaturated/α-hetero) is 3. The Labute approximate surface area is 144 Å². The van der Waals surface area contributed by atoms with Gasteiger partial charge in [-0.05, 0) is 30.5 Å². The minimum Gasteiger partial charge on any atom is -0.512 e. The molecule has 1 fully saturated rings. The maximum Gasteiger partial charge on any atom is 0.162 e. The second-order valence-electron chi connectivity index (χ2n) is 6.63. The first-order chi connectivity index (χ1) is 11.9. The van der Waals surface area contributed by atoms with Crippen LogP contribution in [0.2, 0.25) is 0 Å². The average Bonchev–Trinajstić information content (AvgIpc) is 2.55. The standard InChI is InChI=1S/C19H20O6/c20-11-8-7-10(9-16(11)25)17(18-12(21)3-1-4-13(18)22)19-14(23)5-2-6-15(19)24/h7-9,17-18,20,23,25H,1-6H2/t17-/m0/s1. The Kier molecular flexibility index (Phi) is 4.61. The molecule has 0 amide bonds. The molecule has 1 atom stereocenters. The summed E-state index contributed by atoms with van der Waals surface area (Å²) in [5.74, 6) is -3.61. The molecule has 2 aliphatic rings. The fraction of sp³-hybridized carbons (Fsp3) is 0.421. The van der Waals surface area contributed by atoms with Gasteiger partial charge in [0, 0.05) is 37.2 Å². The van der Waals surface area contributed by atoms with Gasteiger partial charge in [-0.25, -0.2) is 0 Å². The summed E-state index contributed by atoms with van der Waals surface area (Å²) < 4.78 is 0. The lowest BCUT2D eigenvalue weighted by Crippen LogP contribution is -2.37. The molecule has 0 heterocycles. The van der Waals surface area contributed by atoms with E-state index in [1.54, 1.807) is 0 Å². The van der Waals surface area contributed by atoms with Gasteiger partial charge in [0.05, 0.1) is 11.7 Å². The lowest BCUT2D eigenvalue weighted by Gasteiger charge is -2.31. The summed E-state index contributed by atoms with van der Waals surface area (Å²) in [6, 6.07) is 3.97. The van der Waals surface area contributed by atoms with E-state index >= 15 is 0 Å². The Morgan fingerprint density at radius 3 is 2.08 bits per heavy atom. The number of hydrogen-bond donors (Lipinski definition) is 3. The number of rotatable bonds is 3. The molecular formula is C19H20O6. The van der Waals surface area contributed by atoms with Crippen LogP contribution in [0.1, 0.15) is 50.0 Å². The first-order valence-corrected chi connectivity index (χ1v) is 8.42. The van der Waals surface area contributed by atoms with Crippen molar-refractivity contribution in [2.24, 2.45) is 5.92 Å². The van der Waals surface area contributed by atoms with E-state index in [2.05, 4.69) is 0 Å². The largest absolute Gasteiger partial charge is 0.512 e. The Hall–Kier alpha value is -2.63. The van der Waals surface area contributed by atoms with E-state index < -0.39 is 17.6 Å². The molecule has 6 nitrogen and oxygen atoms in total. The molecule has 0 bridgehead atoms. The molecule has 1 saturated carbocycles. The molecule has 0 unspecified atom stereocenters. The quantitative estimate of drug-likeness (QED) is 0.574. The number of carbonyl (C=O) groups is 3. The normalized spacial score (nSPS) is 20.9. The molecule has 1 aromatic rings. The van der Waals surface area contributed by atoms with Gasteiger partial charge in [-0.3, -0.25) is 14.4 Å². The summed E-state index contributed by atoms with van der Waals surface area (Å²) in [4.78, 5) is 37.4. The number of aromatic hydroxyl groups is 2. The van der Waals surface area contributed by atoms with Gasteiger partial charge in [0.1, 0.15) is 11.6 Å². The van der Waals surface area contributed by atoms with Crippen LogP contribution in [-0.2, 0) is 14.4 Å². The Morgan fingerprint density at radius 1 is 0.840 bits per heavy atom. The fourth-order valence-electron chi connectivity index (χ4n) is 3.76. The summed E-state index contributed by atoms with van der Waals surface area (Å²) in [7, 11) is 0. The van der Waals surface area contributed by atoms with E-state index in [0.717, 1.165) is 0 Å². The zero-order chi connectivity index (χ0) is 18.1. The minimum atomic E-state index is -1.04. The van der Waals surface area contributed by atoms with E-state index in [1.165, 1.54) is 18.2 Å². The van der Waals surface area contributed by atoms with Crippen LogP contribution in [0.25, 0.3) is 0 Å². The van der Waals surface area contributed by atoms with Crippen LogP contribution in [0.15, 0.2) is 29.5 Å². The molecular weight excluding hydrogens is 324 g/mol. The summed E-state index contributed by atoms with van der Waals surface area (Å²) in [6.45, 7) is 0. The lowest BCUT2D eigenvalue weighted by molar-refractivity contribution is -0.136. The van der Waals surface area contributed by atoms with Gasteiger partial charge in [0.2, 0.25) is 0 Å². The van der Waals surface area contributed by atoms with Crippen LogP contribution < -0.4 is 0 Å². The van der Waals surface area contributed by atoms with Crippen LogP contribution in [-0.4, -0.2) is 32.7 Å². The highest BCUT2D eigenvalue weighted by Gasteiger charge is 2.43. The predicted molar refractivity (Wildman–Crippen MR) is 88.4 cm³/mol. The first-order valence-electron chi connectivity index (χ1n) is 8.42. The van der Waals surface area contributed by atoms with E-state index in [4.69, 9.17) is 0 Å². The maximum atomic E-state index is 12.5. The number of phenols is 2. The van der Waals surface area contributed by atoms with Gasteiger partial charge in [-0.1, -0.05) is 6.07 Å². The van der Waals surface area contributed by atoms with E-state index in [9.17, 15) is 29.7 Å². The highest BCUT2D eigenvalue weighted by molar-refractivity contribution is 6.08. The van der Waals surface area contributed by atoms with Gasteiger partial charge < -0.3 is 15.3 Å². The number of aliphatic hydroxyl groups excluding tert-OH is 1. The predicted octanol–water partition coefficient (Wildman–Crippen LogP) is 2.68. The zero-order valence-corrected chi connectivity index (χ0v) is 13.7. The van der Waals surface area contributed by atoms with Crippen molar-refractivity contribution in [2.45, 2.75) is 44.4 Å². The zero-order valence-electron chi connectivity index (χ0n) is 13.7. The number of allylic oxidation sites excluding steroid dienone is 2. The number of ketones is 3. The highest BCUT2D eigenvalue weighted by atomic mass is 16.3. The first kappa shape index (κ1) is 17.2. The average molecular weight is 344 g/mol. The molecule has 6 heteroatoms. The van der Waals surface area contributed by atoms with E-state index in [-0.39, 0.29) is 53.7 Å². The SMILES string of the molecule is O=C1CCCC(O)=C1[C@@H](c1ccc(O)c(O)c1)C1C(=O)CCCC1=O. The minimum absolute atomic E-state index is 0.0879. The third-order valence-electron chi connectivity index (χ3n) is 4.97. The third-order valence-corrected chi connectivity index (χ3v) is 4.97. The van der Waals surface area contributed by atoms with Crippen molar-refractivity contribution in [3.8, 4) is 11.5 Å². The molecule has 0 radical (unpaired) electrons. The Morgan fingerprint density at radius 2 is 1.48 bits per heavy atom. The summed E-state index contributed by atoms with van der Waals surface area (Å²) >= 11 is 0. The fourth-order valence-corrected chi connectivity index (χ4v) is 3.76. The smallest absolute Gasteiger partial charge is 0.162 e. The summed E-state index contributed by atoms with van der Waals surface area (Å²) in [6.07, 6.45) is 2.07. The van der Waals surface area contributed by atoms with Crippen LogP contribution in [0.5, 0.6) is 11.5 Å². The van der Waals surface area contributed by atoms with Crippen molar-refractivity contribution in [3.05, 3.63) is 35.1 Å². The Balaban J connectivity index is 2.17. The highest BCUT2D eigenvalue weighted by Crippen LogP contribution is 2.43. The van der Waals surface area contributed by atoms with Gasteiger partial charge in [-0.2, -0.15) is 0 Å². The van der Waals surface area contributed by atoms with E-state index in [1.807, 2.05) is 0 Å². The van der Waals surface area contributed by atoms with Gasteiger partial charge >= 0.3 is 0 Å². The lowest BCUT2D eigenvalue weighted by atomic mass is 9.69. The van der Waals surface area contributed by atoms with Crippen molar-refractivity contribution in [1.29, 1.82) is 0 Å². The molecule has 0 aromatic heterocycles. The molecule has 3 N–H and O–H groups in total. The number of carbonyl (C=O) groups excluding carboxylic acids is 3. The van der Waals surface area contributed by atoms with Crippen molar-refractivity contribution >= 4 is 17.3 Å². The third kappa shape index (κ3) is 3.16. The van der Waals surface area contributed by atoms with Crippen LogP contribution in [0, 0.1) is 5.92 Å². The van der Waals surface area contributed by atoms with Gasteiger partial charge in [0.15, 0.2) is 17.3 Å². The number of aliphatic hydroxyl groups is 1. The van der Waals surface area contributed by atoms with Gasteiger partial charge in [-0.15, -0.1) is 0 Å². The van der Waals surface area contributed by atoms with Crippen molar-refractivity contribution in [3.63, 3.8) is 0 Å². The molecule has 0 aliphatic heterocycles. The second kappa shape index (κ2) is 6.70. The summed E-state index contributed by atoms with van der Waals surface area (Å²) in [5.41, 5.74) is 0.450. The molecule has 0 saturated heterocycles. The molecule has 132 valence electrons. The van der Waals surface area contributed by atoms with Crippen LogP contribution >= 0.6 is 0 Å². The molecule has 25 heavy (non-hydrogen) atoms. The number of phenolic OH excluding ortho intramolecular Hbond substituents is 2. The molecule has 0 spiro atoms. The van der Waals surface area contributed by atoms with Crippen molar-refractivity contribution in [1.82, 2.24) is 0 Å². The maximum absolute atomic E-state index is 12.5. The van der Waals surface area contributed by atoms with Crippen LogP contribution in [0.4, 0.5) is 0 Å². The van der Waals surface area contributed by atoms with Crippen molar-refractivity contribution in [2.75, 3.05) is 0 Å². The Bertz CT molecular complexity index is 760. The topological polar surface area (TPSA) is 112 Å². The number of hydrogen-bond acceptors (Lipinski definition) is 6. The monoisotopic (exact) mass is 344 g/mol. The molecule has 2 aliphatic carbocycles. The second-order valence-corrected chi connectivity index (χ2v) is 6.63. The van der Waals surface area contributed by atoms with Crippen LogP contribution in [0.3, 0.4) is 0 Å². The molecule has 3 rings (SSSR count). The summed E-state index contributed by atoms with van der Waals surface area (Å²) in [5, 5.41) is 29.7. The van der Waals surface area contributed by atoms with Crippen molar-refractivity contribution < 1.29 is 29.7 Å². The van der Waals surface area contributed by atoms with Gasteiger partial charge in [0.25, 0.3) is 0 Å².